The molecule has 0 saturated heterocycles. The molecule has 0 radical (unpaired) electrons. The first-order valence-corrected chi connectivity index (χ1v) is 6.41. The highest BCUT2D eigenvalue weighted by molar-refractivity contribution is 6.31. The van der Waals surface area contributed by atoms with Gasteiger partial charge in [0.05, 0.1) is 9.95 Å². The van der Waals surface area contributed by atoms with E-state index >= 15 is 0 Å². The van der Waals surface area contributed by atoms with E-state index in [9.17, 15) is 19.6 Å². The topological polar surface area (TPSA) is 75.4 Å². The van der Waals surface area contributed by atoms with Crippen molar-refractivity contribution < 1.29 is 14.4 Å². The molecular formula is C12H14ClFN2O3. The first-order chi connectivity index (χ1) is 9.02. The van der Waals surface area contributed by atoms with Crippen molar-refractivity contribution in [3.8, 4) is 0 Å². The molecule has 7 heteroatoms. The van der Waals surface area contributed by atoms with E-state index in [-0.39, 0.29) is 35.0 Å². The standard InChI is InChI=1S/C12H14ClFN2O3/c13-8-4-12(16(18)19)11(5-9(8)14)15-10-3-1-2-7(10)6-17/h4-5,7,10,15,17H,1-3,6H2. The fourth-order valence-electron chi connectivity index (χ4n) is 2.45. The van der Waals surface area contributed by atoms with Gasteiger partial charge in [0, 0.05) is 30.7 Å². The van der Waals surface area contributed by atoms with Crippen molar-refractivity contribution in [1.82, 2.24) is 0 Å². The van der Waals surface area contributed by atoms with Gasteiger partial charge in [-0.3, -0.25) is 10.1 Å². The summed E-state index contributed by atoms with van der Waals surface area (Å²) in [5.41, 5.74) is -0.146. The fourth-order valence-corrected chi connectivity index (χ4v) is 2.61. The van der Waals surface area contributed by atoms with Crippen molar-refractivity contribution >= 4 is 23.0 Å². The third kappa shape index (κ3) is 2.96. The van der Waals surface area contributed by atoms with Crippen LogP contribution in [0.3, 0.4) is 0 Å². The first kappa shape index (κ1) is 14.0. The Balaban J connectivity index is 2.28. The number of aliphatic hydroxyl groups excluding tert-OH is 1. The minimum absolute atomic E-state index is 0.0154. The zero-order chi connectivity index (χ0) is 14.0. The van der Waals surface area contributed by atoms with Gasteiger partial charge in [-0.15, -0.1) is 0 Å². The number of hydrogen-bond donors (Lipinski definition) is 2. The number of aliphatic hydroxyl groups is 1. The highest BCUT2D eigenvalue weighted by Gasteiger charge is 2.29. The molecule has 2 rings (SSSR count). The van der Waals surface area contributed by atoms with Crippen LogP contribution in [0.2, 0.25) is 5.02 Å². The molecule has 1 aromatic rings. The summed E-state index contributed by atoms with van der Waals surface area (Å²) in [7, 11) is 0. The molecule has 0 aliphatic heterocycles. The van der Waals surface area contributed by atoms with Crippen molar-refractivity contribution in [3.63, 3.8) is 0 Å². The molecule has 2 unspecified atom stereocenters. The fraction of sp³-hybridized carbons (Fsp3) is 0.500. The Morgan fingerprint density at radius 1 is 1.53 bits per heavy atom. The van der Waals surface area contributed by atoms with E-state index in [1.54, 1.807) is 0 Å². The maximum atomic E-state index is 13.4. The quantitative estimate of drug-likeness (QED) is 0.660. The van der Waals surface area contributed by atoms with Gasteiger partial charge in [-0.05, 0) is 12.8 Å². The number of hydrogen-bond acceptors (Lipinski definition) is 4. The molecule has 2 N–H and O–H groups in total. The Bertz CT molecular complexity index is 498. The summed E-state index contributed by atoms with van der Waals surface area (Å²) in [5.74, 6) is -0.661. The highest BCUT2D eigenvalue weighted by atomic mass is 35.5. The summed E-state index contributed by atoms with van der Waals surface area (Å²) in [6.45, 7) is 0.0154. The van der Waals surface area contributed by atoms with Gasteiger partial charge in [-0.25, -0.2) is 4.39 Å². The molecule has 5 nitrogen and oxygen atoms in total. The third-order valence-corrected chi connectivity index (χ3v) is 3.76. The lowest BCUT2D eigenvalue weighted by molar-refractivity contribution is -0.384. The number of halogens is 2. The summed E-state index contributed by atoms with van der Waals surface area (Å²) >= 11 is 5.56. The Labute approximate surface area is 114 Å². The molecule has 1 aliphatic carbocycles. The van der Waals surface area contributed by atoms with Gasteiger partial charge in [-0.1, -0.05) is 18.0 Å². The molecule has 1 fully saturated rings. The second-order valence-electron chi connectivity index (χ2n) is 4.66. The summed E-state index contributed by atoms with van der Waals surface area (Å²) in [6, 6.07) is 1.96. The molecule has 19 heavy (non-hydrogen) atoms. The lowest BCUT2D eigenvalue weighted by Gasteiger charge is -2.20. The average molecular weight is 289 g/mol. The molecule has 104 valence electrons. The Kier molecular flexibility index (Phi) is 4.21. The zero-order valence-electron chi connectivity index (χ0n) is 10.1. The maximum Gasteiger partial charge on any atom is 0.294 e. The summed E-state index contributed by atoms with van der Waals surface area (Å²) < 4.78 is 13.4. The van der Waals surface area contributed by atoms with Crippen LogP contribution in [0.15, 0.2) is 12.1 Å². The molecule has 0 bridgehead atoms. The van der Waals surface area contributed by atoms with Gasteiger partial charge in [-0.2, -0.15) is 0 Å². The Hall–Kier alpha value is -1.40. The van der Waals surface area contributed by atoms with Crippen LogP contribution in [0.25, 0.3) is 0 Å². The van der Waals surface area contributed by atoms with Crippen molar-refractivity contribution in [1.29, 1.82) is 0 Å². The molecule has 2 atom stereocenters. The van der Waals surface area contributed by atoms with Crippen LogP contribution in [0, 0.1) is 21.8 Å². The number of nitro groups is 1. The van der Waals surface area contributed by atoms with Gasteiger partial charge in [0.2, 0.25) is 0 Å². The van der Waals surface area contributed by atoms with E-state index in [1.807, 2.05) is 0 Å². The molecule has 1 aliphatic rings. The third-order valence-electron chi connectivity index (χ3n) is 3.47. The predicted molar refractivity (Wildman–Crippen MR) is 69.9 cm³/mol. The summed E-state index contributed by atoms with van der Waals surface area (Å²) in [6.07, 6.45) is 2.59. The maximum absolute atomic E-state index is 13.4. The monoisotopic (exact) mass is 288 g/mol. The average Bonchev–Trinajstić information content (AvgIpc) is 2.80. The number of rotatable bonds is 4. The SMILES string of the molecule is O=[N+]([O-])c1cc(Cl)c(F)cc1NC1CCCC1CO. The van der Waals surface area contributed by atoms with E-state index in [0.717, 1.165) is 31.4 Å². The van der Waals surface area contributed by atoms with E-state index in [4.69, 9.17) is 11.6 Å². The first-order valence-electron chi connectivity index (χ1n) is 6.03. The van der Waals surface area contributed by atoms with E-state index in [2.05, 4.69) is 5.32 Å². The van der Waals surface area contributed by atoms with E-state index in [0.29, 0.717) is 0 Å². The molecule has 0 aromatic heterocycles. The minimum Gasteiger partial charge on any atom is -0.396 e. The van der Waals surface area contributed by atoms with Gasteiger partial charge < -0.3 is 10.4 Å². The second kappa shape index (κ2) is 5.71. The van der Waals surface area contributed by atoms with E-state index < -0.39 is 10.7 Å². The van der Waals surface area contributed by atoms with E-state index in [1.165, 1.54) is 0 Å². The van der Waals surface area contributed by atoms with Crippen LogP contribution in [0.1, 0.15) is 19.3 Å². The Morgan fingerprint density at radius 2 is 2.26 bits per heavy atom. The predicted octanol–water partition coefficient (Wildman–Crippen LogP) is 2.96. The van der Waals surface area contributed by atoms with Gasteiger partial charge in [0.15, 0.2) is 0 Å². The van der Waals surface area contributed by atoms with Crippen LogP contribution in [-0.2, 0) is 0 Å². The highest BCUT2D eigenvalue weighted by Crippen LogP contribution is 2.34. The number of anilines is 1. The lowest BCUT2D eigenvalue weighted by atomic mass is 10.0. The molecule has 0 amide bonds. The number of nitrogens with one attached hydrogen (secondary N) is 1. The van der Waals surface area contributed by atoms with Crippen molar-refractivity contribution in [2.45, 2.75) is 25.3 Å². The lowest BCUT2D eigenvalue weighted by Crippen LogP contribution is -2.26. The van der Waals surface area contributed by atoms with Crippen LogP contribution >= 0.6 is 11.6 Å². The van der Waals surface area contributed by atoms with Crippen molar-refractivity contribution in [3.05, 3.63) is 33.1 Å². The normalized spacial score (nSPS) is 22.5. The van der Waals surface area contributed by atoms with Crippen molar-refractivity contribution in [2.24, 2.45) is 5.92 Å². The summed E-state index contributed by atoms with van der Waals surface area (Å²) in [4.78, 5) is 10.3. The van der Waals surface area contributed by atoms with Crippen LogP contribution in [0.4, 0.5) is 15.8 Å². The van der Waals surface area contributed by atoms with Gasteiger partial charge >= 0.3 is 0 Å². The van der Waals surface area contributed by atoms with Gasteiger partial charge in [0.25, 0.3) is 5.69 Å². The van der Waals surface area contributed by atoms with Gasteiger partial charge in [0.1, 0.15) is 11.5 Å². The van der Waals surface area contributed by atoms with Crippen LogP contribution in [0.5, 0.6) is 0 Å². The van der Waals surface area contributed by atoms with Crippen molar-refractivity contribution in [2.75, 3.05) is 11.9 Å². The zero-order valence-corrected chi connectivity index (χ0v) is 10.9. The molecule has 1 saturated carbocycles. The molecule has 0 spiro atoms. The second-order valence-corrected chi connectivity index (χ2v) is 5.07. The summed E-state index contributed by atoms with van der Waals surface area (Å²) in [5, 5.41) is 22.9. The minimum atomic E-state index is -0.701. The Morgan fingerprint density at radius 3 is 2.89 bits per heavy atom. The molecule has 0 heterocycles. The smallest absolute Gasteiger partial charge is 0.294 e. The number of benzene rings is 1. The number of nitro benzene ring substituents is 1. The number of nitrogens with zero attached hydrogens (tertiary/aromatic N) is 1. The largest absolute Gasteiger partial charge is 0.396 e. The molecule has 1 aromatic carbocycles. The van der Waals surface area contributed by atoms with Crippen LogP contribution in [-0.4, -0.2) is 22.7 Å². The molecular weight excluding hydrogens is 275 g/mol. The van der Waals surface area contributed by atoms with Crippen LogP contribution < -0.4 is 5.32 Å².